The Morgan fingerprint density at radius 2 is 2.09 bits per heavy atom. The van der Waals surface area contributed by atoms with Gasteiger partial charge in [0, 0.05) is 0 Å². The molecule has 0 aromatic carbocycles. The molecule has 0 amide bonds. The van der Waals surface area contributed by atoms with Crippen LogP contribution in [0.15, 0.2) is 12.4 Å². The van der Waals surface area contributed by atoms with E-state index in [2.05, 4.69) is 14.7 Å². The van der Waals surface area contributed by atoms with Crippen molar-refractivity contribution in [2.24, 2.45) is 0 Å². The first-order chi connectivity index (χ1) is 5.18. The minimum Gasteiger partial charge on any atom is -0.449 e. The summed E-state index contributed by atoms with van der Waals surface area (Å²) in [5.41, 5.74) is 0. The Bertz CT molecular complexity index is 257. The average molecular weight is 154 g/mol. The molecule has 0 saturated carbocycles. The van der Waals surface area contributed by atoms with Gasteiger partial charge in [-0.15, -0.1) is 0 Å². The summed E-state index contributed by atoms with van der Waals surface area (Å²) in [5.74, 6) is 0.700. The first-order valence-electron chi connectivity index (χ1n) is 2.88. The maximum atomic E-state index is 9.98. The van der Waals surface area contributed by atoms with Crippen LogP contribution in [0.25, 0.3) is 0 Å². The highest BCUT2D eigenvalue weighted by atomic mass is 16.7. The summed E-state index contributed by atoms with van der Waals surface area (Å²) in [6.45, 7) is 1.70. The summed E-state index contributed by atoms with van der Waals surface area (Å²) in [6.07, 6.45) is 1.24. The van der Waals surface area contributed by atoms with Crippen LogP contribution in [0.3, 0.4) is 0 Å². The molecule has 0 saturated heterocycles. The molecule has 0 aliphatic carbocycles. The maximum absolute atomic E-state index is 9.98. The summed E-state index contributed by atoms with van der Waals surface area (Å²) in [4.78, 5) is 17.4. The highest BCUT2D eigenvalue weighted by molar-refractivity contribution is 5.60. The maximum Gasteiger partial charge on any atom is 0.511 e. The molecule has 0 spiro atoms. The van der Waals surface area contributed by atoms with Gasteiger partial charge in [0.05, 0.1) is 12.4 Å². The molecule has 5 heteroatoms. The van der Waals surface area contributed by atoms with Crippen LogP contribution in [0.2, 0.25) is 0 Å². The fourth-order valence-corrected chi connectivity index (χ4v) is 0.534. The lowest BCUT2D eigenvalue weighted by atomic mass is 10.6. The number of ether oxygens (including phenoxy) is 1. The van der Waals surface area contributed by atoms with Crippen molar-refractivity contribution in [2.75, 3.05) is 0 Å². The van der Waals surface area contributed by atoms with Crippen molar-refractivity contribution in [1.29, 1.82) is 0 Å². The summed E-state index contributed by atoms with van der Waals surface area (Å²) < 4.78 is 4.26. The Morgan fingerprint density at radius 1 is 1.55 bits per heavy atom. The van der Waals surface area contributed by atoms with Crippen LogP contribution in [0, 0.1) is 6.92 Å². The van der Waals surface area contributed by atoms with Crippen LogP contribution >= 0.6 is 0 Å². The van der Waals surface area contributed by atoms with Crippen molar-refractivity contribution in [1.82, 2.24) is 9.97 Å². The number of aryl methyl sites for hydroxylation is 1. The lowest BCUT2D eigenvalue weighted by molar-refractivity contribution is 0.144. The van der Waals surface area contributed by atoms with Crippen molar-refractivity contribution >= 4 is 6.16 Å². The Balaban J connectivity index is 2.74. The molecule has 0 atom stereocenters. The molecule has 0 aliphatic rings. The van der Waals surface area contributed by atoms with Crippen LogP contribution in [0.1, 0.15) is 5.82 Å². The van der Waals surface area contributed by atoms with Gasteiger partial charge in [0.15, 0.2) is 5.75 Å². The molecule has 0 fully saturated rings. The third kappa shape index (κ3) is 2.21. The summed E-state index contributed by atoms with van der Waals surface area (Å²) >= 11 is 0. The predicted molar refractivity (Wildman–Crippen MR) is 35.4 cm³/mol. The van der Waals surface area contributed by atoms with E-state index in [1.807, 2.05) is 0 Å². The zero-order valence-electron chi connectivity index (χ0n) is 5.81. The minimum atomic E-state index is -1.36. The van der Waals surface area contributed by atoms with Crippen LogP contribution < -0.4 is 4.74 Å². The highest BCUT2D eigenvalue weighted by Crippen LogP contribution is 2.05. The van der Waals surface area contributed by atoms with Crippen LogP contribution in [-0.2, 0) is 0 Å². The molecule has 1 aromatic rings. The number of hydrogen-bond acceptors (Lipinski definition) is 4. The second-order valence-electron chi connectivity index (χ2n) is 1.83. The molecule has 1 aromatic heterocycles. The number of carbonyl (C=O) groups is 1. The second-order valence-corrected chi connectivity index (χ2v) is 1.83. The summed E-state index contributed by atoms with van der Waals surface area (Å²) in [6, 6.07) is 0. The van der Waals surface area contributed by atoms with Gasteiger partial charge >= 0.3 is 6.16 Å². The van der Waals surface area contributed by atoms with Gasteiger partial charge in [0.2, 0.25) is 0 Å². The van der Waals surface area contributed by atoms with Crippen molar-refractivity contribution in [3.05, 3.63) is 18.2 Å². The highest BCUT2D eigenvalue weighted by Gasteiger charge is 1.99. The van der Waals surface area contributed by atoms with Crippen molar-refractivity contribution in [3.63, 3.8) is 0 Å². The normalized spacial score (nSPS) is 9.18. The van der Waals surface area contributed by atoms with Crippen molar-refractivity contribution in [3.8, 4) is 5.75 Å². The number of nitrogens with zero attached hydrogens (tertiary/aromatic N) is 2. The zero-order chi connectivity index (χ0) is 8.27. The van der Waals surface area contributed by atoms with E-state index >= 15 is 0 Å². The Hall–Kier alpha value is -1.65. The van der Waals surface area contributed by atoms with Crippen LogP contribution in [0.5, 0.6) is 5.75 Å². The number of hydrogen-bond donors (Lipinski definition) is 1. The van der Waals surface area contributed by atoms with E-state index in [1.54, 1.807) is 6.92 Å². The standard InChI is InChI=1S/C6H6N2O3/c1-4-7-2-5(3-8-4)11-6(9)10/h2-3H,1H3,(H,9,10). The minimum absolute atomic E-state index is 0.128. The first kappa shape index (κ1) is 7.46. The average Bonchev–Trinajstić information content (AvgIpc) is 1.93. The van der Waals surface area contributed by atoms with Gasteiger partial charge in [0.1, 0.15) is 5.82 Å². The van der Waals surface area contributed by atoms with Crippen LogP contribution in [-0.4, -0.2) is 21.2 Å². The molecule has 11 heavy (non-hydrogen) atoms. The topological polar surface area (TPSA) is 72.3 Å². The first-order valence-corrected chi connectivity index (χ1v) is 2.88. The lowest BCUT2D eigenvalue weighted by Gasteiger charge is -1.96. The molecule has 0 bridgehead atoms. The van der Waals surface area contributed by atoms with Gasteiger partial charge in [-0.3, -0.25) is 0 Å². The molecule has 1 heterocycles. The van der Waals surface area contributed by atoms with Gasteiger partial charge in [-0.2, -0.15) is 0 Å². The largest absolute Gasteiger partial charge is 0.511 e. The quantitative estimate of drug-likeness (QED) is 0.607. The molecule has 58 valence electrons. The second kappa shape index (κ2) is 2.96. The third-order valence-electron chi connectivity index (χ3n) is 0.962. The summed E-state index contributed by atoms with van der Waals surface area (Å²) in [5, 5.41) is 8.16. The Labute approximate surface area is 62.7 Å². The zero-order valence-corrected chi connectivity index (χ0v) is 5.81. The van der Waals surface area contributed by atoms with Gasteiger partial charge in [-0.25, -0.2) is 14.8 Å². The monoisotopic (exact) mass is 154 g/mol. The number of rotatable bonds is 1. The van der Waals surface area contributed by atoms with Crippen molar-refractivity contribution < 1.29 is 14.6 Å². The SMILES string of the molecule is Cc1ncc(OC(=O)O)cn1. The third-order valence-corrected chi connectivity index (χ3v) is 0.962. The molecular weight excluding hydrogens is 148 g/mol. The van der Waals surface area contributed by atoms with Gasteiger partial charge in [-0.1, -0.05) is 0 Å². The van der Waals surface area contributed by atoms with E-state index in [0.29, 0.717) is 5.82 Å². The molecule has 0 radical (unpaired) electrons. The molecule has 5 nitrogen and oxygen atoms in total. The van der Waals surface area contributed by atoms with E-state index in [9.17, 15) is 4.79 Å². The van der Waals surface area contributed by atoms with Crippen molar-refractivity contribution in [2.45, 2.75) is 6.92 Å². The Kier molecular flexibility index (Phi) is 2.00. The van der Waals surface area contributed by atoms with Crippen LogP contribution in [0.4, 0.5) is 4.79 Å². The molecule has 1 N–H and O–H groups in total. The lowest BCUT2D eigenvalue weighted by Crippen LogP contribution is -2.03. The van der Waals surface area contributed by atoms with E-state index in [-0.39, 0.29) is 5.75 Å². The molecule has 1 rings (SSSR count). The van der Waals surface area contributed by atoms with Gasteiger partial charge < -0.3 is 9.84 Å². The number of carboxylic acid groups (broad SMARTS) is 1. The van der Waals surface area contributed by atoms with E-state index in [1.165, 1.54) is 12.4 Å². The Morgan fingerprint density at radius 3 is 2.55 bits per heavy atom. The van der Waals surface area contributed by atoms with E-state index in [4.69, 9.17) is 5.11 Å². The fraction of sp³-hybridized carbons (Fsp3) is 0.167. The van der Waals surface area contributed by atoms with E-state index < -0.39 is 6.16 Å². The fourth-order valence-electron chi connectivity index (χ4n) is 0.534. The molecule has 0 unspecified atom stereocenters. The predicted octanol–water partition coefficient (Wildman–Crippen LogP) is 0.842. The molecule has 0 aliphatic heterocycles. The van der Waals surface area contributed by atoms with Gasteiger partial charge in [0.25, 0.3) is 0 Å². The van der Waals surface area contributed by atoms with E-state index in [0.717, 1.165) is 0 Å². The smallest absolute Gasteiger partial charge is 0.449 e. The summed E-state index contributed by atoms with van der Waals surface area (Å²) in [7, 11) is 0. The molecular formula is C6H6N2O3. The van der Waals surface area contributed by atoms with Gasteiger partial charge in [-0.05, 0) is 6.92 Å². The number of aromatic nitrogens is 2.